The first-order valence-electron chi connectivity index (χ1n) is 6.01. The quantitative estimate of drug-likeness (QED) is 0.810. The first kappa shape index (κ1) is 13.1. The molecule has 0 spiro atoms. The summed E-state index contributed by atoms with van der Waals surface area (Å²) in [6, 6.07) is 15.6. The highest BCUT2D eigenvalue weighted by atomic mass is 79.9. The summed E-state index contributed by atoms with van der Waals surface area (Å²) in [6.07, 6.45) is 0. The van der Waals surface area contributed by atoms with E-state index < -0.39 is 5.79 Å². The summed E-state index contributed by atoms with van der Waals surface area (Å²) >= 11 is 9.38. The molecule has 0 amide bonds. The molecule has 1 aliphatic heterocycles. The van der Waals surface area contributed by atoms with E-state index in [1.807, 2.05) is 48.5 Å². The second-order valence-corrected chi connectivity index (χ2v) is 5.68. The highest BCUT2D eigenvalue weighted by molar-refractivity contribution is 9.10. The number of hydrogen-bond donors (Lipinski definition) is 0. The van der Waals surface area contributed by atoms with Crippen molar-refractivity contribution in [3.8, 4) is 0 Å². The molecular weight excluding hydrogens is 328 g/mol. The lowest BCUT2D eigenvalue weighted by molar-refractivity contribution is -0.129. The molecule has 1 fully saturated rings. The first-order valence-corrected chi connectivity index (χ1v) is 7.18. The fourth-order valence-electron chi connectivity index (χ4n) is 2.25. The molecule has 1 heterocycles. The second kappa shape index (κ2) is 5.25. The van der Waals surface area contributed by atoms with Crippen LogP contribution in [0.25, 0.3) is 0 Å². The molecule has 2 aromatic rings. The zero-order valence-corrected chi connectivity index (χ0v) is 12.4. The minimum absolute atomic E-state index is 0.582. The van der Waals surface area contributed by atoms with Crippen molar-refractivity contribution in [1.29, 1.82) is 0 Å². The maximum atomic E-state index is 5.94. The summed E-state index contributed by atoms with van der Waals surface area (Å²) in [4.78, 5) is 0. The van der Waals surface area contributed by atoms with Crippen molar-refractivity contribution in [1.82, 2.24) is 0 Å². The van der Waals surface area contributed by atoms with E-state index in [1.54, 1.807) is 0 Å². The van der Waals surface area contributed by atoms with Gasteiger partial charge in [-0.25, -0.2) is 0 Å². The molecule has 0 saturated carbocycles. The molecule has 0 aromatic heterocycles. The van der Waals surface area contributed by atoms with Crippen LogP contribution in [0.4, 0.5) is 0 Å². The van der Waals surface area contributed by atoms with Gasteiger partial charge in [-0.3, -0.25) is 0 Å². The van der Waals surface area contributed by atoms with Gasteiger partial charge in [-0.15, -0.1) is 0 Å². The van der Waals surface area contributed by atoms with Crippen LogP contribution in [-0.2, 0) is 15.3 Å². The minimum Gasteiger partial charge on any atom is -0.340 e. The highest BCUT2D eigenvalue weighted by Gasteiger charge is 2.40. The summed E-state index contributed by atoms with van der Waals surface area (Å²) in [5.41, 5.74) is 1.94. The van der Waals surface area contributed by atoms with Gasteiger partial charge in [-0.2, -0.15) is 0 Å². The molecule has 0 atom stereocenters. The monoisotopic (exact) mass is 338 g/mol. The molecule has 4 heteroatoms. The van der Waals surface area contributed by atoms with Gasteiger partial charge in [0, 0.05) is 20.6 Å². The van der Waals surface area contributed by atoms with Gasteiger partial charge in [-0.05, 0) is 24.3 Å². The van der Waals surface area contributed by atoms with Crippen LogP contribution in [0.15, 0.2) is 53.0 Å². The van der Waals surface area contributed by atoms with E-state index in [4.69, 9.17) is 21.1 Å². The third-order valence-corrected chi connectivity index (χ3v) is 3.92. The molecular formula is C15H12BrClO2. The zero-order chi connectivity index (χ0) is 13.3. The fourth-order valence-corrected chi connectivity index (χ4v) is 2.64. The average molecular weight is 340 g/mol. The molecule has 19 heavy (non-hydrogen) atoms. The zero-order valence-electron chi connectivity index (χ0n) is 10.1. The number of ether oxygens (including phenoxy) is 2. The fraction of sp³-hybridized carbons (Fsp3) is 0.200. The standard InChI is InChI=1S/C15H12BrClO2/c16-13-5-1-11(2-6-13)15(18-9-10-19-15)12-3-7-14(17)8-4-12/h1-8H,9-10H2. The second-order valence-electron chi connectivity index (χ2n) is 4.33. The molecule has 0 N–H and O–H groups in total. The van der Waals surface area contributed by atoms with Crippen LogP contribution >= 0.6 is 27.5 Å². The highest BCUT2D eigenvalue weighted by Crippen LogP contribution is 2.39. The van der Waals surface area contributed by atoms with E-state index >= 15 is 0 Å². The van der Waals surface area contributed by atoms with Crippen molar-refractivity contribution in [3.05, 3.63) is 69.2 Å². The Morgan fingerprint density at radius 2 is 1.32 bits per heavy atom. The molecule has 0 aliphatic carbocycles. The third-order valence-electron chi connectivity index (χ3n) is 3.14. The lowest BCUT2D eigenvalue weighted by Crippen LogP contribution is -2.28. The van der Waals surface area contributed by atoms with E-state index in [0.717, 1.165) is 15.6 Å². The van der Waals surface area contributed by atoms with Gasteiger partial charge in [0.2, 0.25) is 5.79 Å². The molecule has 98 valence electrons. The van der Waals surface area contributed by atoms with E-state index in [2.05, 4.69) is 15.9 Å². The maximum absolute atomic E-state index is 5.94. The van der Waals surface area contributed by atoms with Crippen molar-refractivity contribution in [2.45, 2.75) is 5.79 Å². The maximum Gasteiger partial charge on any atom is 0.222 e. The lowest BCUT2D eigenvalue weighted by Gasteiger charge is -2.28. The SMILES string of the molecule is Clc1ccc(C2(c3ccc(Br)cc3)OCCO2)cc1. The summed E-state index contributed by atoms with van der Waals surface area (Å²) < 4.78 is 12.9. The molecule has 0 bridgehead atoms. The Bertz CT molecular complexity index is 512. The summed E-state index contributed by atoms with van der Waals surface area (Å²) in [6.45, 7) is 1.16. The van der Waals surface area contributed by atoms with Crippen LogP contribution in [0.1, 0.15) is 11.1 Å². The number of halogens is 2. The van der Waals surface area contributed by atoms with Crippen LogP contribution in [-0.4, -0.2) is 13.2 Å². The smallest absolute Gasteiger partial charge is 0.222 e. The Kier molecular flexibility index (Phi) is 3.63. The Morgan fingerprint density at radius 1 is 0.842 bits per heavy atom. The largest absolute Gasteiger partial charge is 0.340 e. The van der Waals surface area contributed by atoms with Crippen molar-refractivity contribution < 1.29 is 9.47 Å². The van der Waals surface area contributed by atoms with Crippen molar-refractivity contribution in [2.75, 3.05) is 13.2 Å². The van der Waals surface area contributed by atoms with E-state index in [1.165, 1.54) is 0 Å². The molecule has 0 unspecified atom stereocenters. The number of hydrogen-bond acceptors (Lipinski definition) is 2. The van der Waals surface area contributed by atoms with Gasteiger partial charge in [0.25, 0.3) is 0 Å². The van der Waals surface area contributed by atoms with E-state index in [9.17, 15) is 0 Å². The van der Waals surface area contributed by atoms with Gasteiger partial charge in [0.05, 0.1) is 13.2 Å². The number of benzene rings is 2. The molecule has 2 nitrogen and oxygen atoms in total. The Hall–Kier alpha value is -0.870. The van der Waals surface area contributed by atoms with Gasteiger partial charge in [0.15, 0.2) is 0 Å². The Balaban J connectivity index is 2.08. The Labute approximate surface area is 125 Å². The predicted molar refractivity (Wildman–Crippen MR) is 78.3 cm³/mol. The van der Waals surface area contributed by atoms with E-state index in [0.29, 0.717) is 18.2 Å². The molecule has 1 saturated heterocycles. The average Bonchev–Trinajstić information content (AvgIpc) is 2.91. The lowest BCUT2D eigenvalue weighted by atomic mass is 9.97. The van der Waals surface area contributed by atoms with Crippen LogP contribution < -0.4 is 0 Å². The van der Waals surface area contributed by atoms with E-state index in [-0.39, 0.29) is 0 Å². The van der Waals surface area contributed by atoms with Gasteiger partial charge in [-0.1, -0.05) is 51.8 Å². The van der Waals surface area contributed by atoms with Crippen molar-refractivity contribution in [3.63, 3.8) is 0 Å². The van der Waals surface area contributed by atoms with Crippen molar-refractivity contribution >= 4 is 27.5 Å². The Morgan fingerprint density at radius 3 is 1.84 bits per heavy atom. The van der Waals surface area contributed by atoms with Gasteiger partial charge < -0.3 is 9.47 Å². The van der Waals surface area contributed by atoms with Crippen LogP contribution in [0.3, 0.4) is 0 Å². The third kappa shape index (κ3) is 2.43. The minimum atomic E-state index is -0.814. The van der Waals surface area contributed by atoms with Crippen LogP contribution in [0.5, 0.6) is 0 Å². The van der Waals surface area contributed by atoms with Crippen LogP contribution in [0, 0.1) is 0 Å². The van der Waals surface area contributed by atoms with Crippen molar-refractivity contribution in [2.24, 2.45) is 0 Å². The molecule has 2 aromatic carbocycles. The number of rotatable bonds is 2. The van der Waals surface area contributed by atoms with Crippen LogP contribution in [0.2, 0.25) is 5.02 Å². The van der Waals surface area contributed by atoms with Gasteiger partial charge in [0.1, 0.15) is 0 Å². The normalized spacial score (nSPS) is 17.6. The molecule has 0 radical (unpaired) electrons. The summed E-state index contributed by atoms with van der Waals surface area (Å²) in [5, 5.41) is 0.702. The summed E-state index contributed by atoms with van der Waals surface area (Å²) in [5.74, 6) is -0.814. The predicted octanol–water partition coefficient (Wildman–Crippen LogP) is 4.35. The molecule has 3 rings (SSSR count). The van der Waals surface area contributed by atoms with Gasteiger partial charge >= 0.3 is 0 Å². The molecule has 1 aliphatic rings. The summed E-state index contributed by atoms with van der Waals surface area (Å²) in [7, 11) is 0. The topological polar surface area (TPSA) is 18.5 Å². The first-order chi connectivity index (χ1) is 9.21.